The van der Waals surface area contributed by atoms with Gasteiger partial charge in [0.05, 0.1) is 24.0 Å². The second-order valence-corrected chi connectivity index (χ2v) is 8.59. The van der Waals surface area contributed by atoms with Crippen LogP contribution >= 0.6 is 11.6 Å². The molecule has 2 aromatic carbocycles. The van der Waals surface area contributed by atoms with Crippen molar-refractivity contribution < 1.29 is 13.6 Å². The molecular weight excluding hydrogens is 447 g/mol. The van der Waals surface area contributed by atoms with Crippen molar-refractivity contribution in [1.82, 2.24) is 24.9 Å². The zero-order valence-electron chi connectivity index (χ0n) is 17.9. The Balaban J connectivity index is 1.41. The first kappa shape index (κ1) is 21.4. The summed E-state index contributed by atoms with van der Waals surface area (Å²) >= 11 is 6.04. The van der Waals surface area contributed by atoms with Gasteiger partial charge in [-0.1, -0.05) is 24.6 Å². The minimum absolute atomic E-state index is 0.0493. The summed E-state index contributed by atoms with van der Waals surface area (Å²) in [5.41, 5.74) is 1.56. The fraction of sp³-hybridized carbons (Fsp3) is 0.304. The van der Waals surface area contributed by atoms with Gasteiger partial charge in [0.15, 0.2) is 11.4 Å². The van der Waals surface area contributed by atoms with Crippen LogP contribution in [0.1, 0.15) is 30.1 Å². The molecule has 0 aliphatic carbocycles. The summed E-state index contributed by atoms with van der Waals surface area (Å²) in [6, 6.07) is 9.91. The molecule has 4 aromatic rings. The predicted octanol–water partition coefficient (Wildman–Crippen LogP) is 4.55. The number of nitrogens with one attached hydrogen (secondary N) is 1. The molecule has 10 heteroatoms. The third-order valence-electron chi connectivity index (χ3n) is 6.02. The lowest BCUT2D eigenvalue weighted by Crippen LogP contribution is -2.51. The van der Waals surface area contributed by atoms with Crippen LogP contribution in [-0.2, 0) is 0 Å². The van der Waals surface area contributed by atoms with E-state index >= 15 is 0 Å². The highest BCUT2D eigenvalue weighted by molar-refractivity contribution is 6.31. The maximum atomic E-state index is 14.7. The molecule has 2 atom stereocenters. The largest absolute Gasteiger partial charge is 0.424 e. The number of benzene rings is 2. The van der Waals surface area contributed by atoms with Crippen molar-refractivity contribution in [2.45, 2.75) is 25.8 Å². The Morgan fingerprint density at radius 2 is 2.09 bits per heavy atom. The van der Waals surface area contributed by atoms with Crippen molar-refractivity contribution in [3.05, 3.63) is 65.2 Å². The second kappa shape index (κ2) is 8.82. The molecular formula is C23H22ClFN6O2. The smallest absolute Gasteiger partial charge is 0.295 e. The Hall–Kier alpha value is -3.46. The summed E-state index contributed by atoms with van der Waals surface area (Å²) in [5.74, 6) is -0.583. The summed E-state index contributed by atoms with van der Waals surface area (Å²) in [6.07, 6.45) is 4.75. The van der Waals surface area contributed by atoms with Gasteiger partial charge in [0.25, 0.3) is 11.9 Å². The molecule has 5 rings (SSSR count). The highest BCUT2D eigenvalue weighted by Gasteiger charge is 2.34. The fourth-order valence-corrected chi connectivity index (χ4v) is 4.52. The van der Waals surface area contributed by atoms with E-state index in [1.54, 1.807) is 29.2 Å². The molecule has 1 saturated heterocycles. The number of fused-ring (bicyclic) bond motifs is 1. The number of oxazole rings is 1. The maximum Gasteiger partial charge on any atom is 0.295 e. The van der Waals surface area contributed by atoms with Gasteiger partial charge in [-0.05, 0) is 49.1 Å². The molecule has 1 N–H and O–H groups in total. The number of aromatic nitrogens is 4. The number of carbonyl (C=O) groups is 1. The molecule has 1 aliphatic heterocycles. The molecule has 8 nitrogen and oxygen atoms in total. The number of halogens is 2. The molecule has 0 saturated carbocycles. The number of piperidine rings is 1. The van der Waals surface area contributed by atoms with E-state index in [9.17, 15) is 9.18 Å². The van der Waals surface area contributed by atoms with Gasteiger partial charge >= 0.3 is 0 Å². The van der Waals surface area contributed by atoms with E-state index in [1.165, 1.54) is 24.5 Å². The predicted molar refractivity (Wildman–Crippen MR) is 122 cm³/mol. The summed E-state index contributed by atoms with van der Waals surface area (Å²) in [5, 5.41) is 11.9. The molecule has 2 aromatic heterocycles. The third-order valence-corrected chi connectivity index (χ3v) is 6.26. The van der Waals surface area contributed by atoms with E-state index in [0.717, 1.165) is 17.6 Å². The molecule has 0 bridgehead atoms. The Bertz CT molecular complexity index is 1290. The van der Waals surface area contributed by atoms with Gasteiger partial charge in [-0.25, -0.2) is 4.39 Å². The van der Waals surface area contributed by atoms with E-state index in [2.05, 4.69) is 27.4 Å². The second-order valence-electron chi connectivity index (χ2n) is 8.15. The molecule has 170 valence electrons. The third kappa shape index (κ3) is 4.16. The van der Waals surface area contributed by atoms with Gasteiger partial charge in [0, 0.05) is 18.1 Å². The molecule has 2 unspecified atom stereocenters. The van der Waals surface area contributed by atoms with Crippen molar-refractivity contribution in [3.8, 4) is 5.69 Å². The van der Waals surface area contributed by atoms with Crippen molar-refractivity contribution in [2.24, 2.45) is 5.92 Å². The Morgan fingerprint density at radius 1 is 1.27 bits per heavy atom. The quantitative estimate of drug-likeness (QED) is 0.462. The average molecular weight is 469 g/mol. The number of amides is 1. The lowest BCUT2D eigenvalue weighted by molar-refractivity contribution is 0.0538. The highest BCUT2D eigenvalue weighted by Crippen LogP contribution is 2.28. The number of hydrogen-bond acceptors (Lipinski definition) is 6. The number of anilines is 1. The minimum Gasteiger partial charge on any atom is -0.424 e. The molecule has 0 spiro atoms. The molecule has 3 heterocycles. The summed E-state index contributed by atoms with van der Waals surface area (Å²) in [4.78, 5) is 21.0. The van der Waals surface area contributed by atoms with E-state index in [4.69, 9.17) is 16.0 Å². The zero-order chi connectivity index (χ0) is 22.9. The first-order valence-electron chi connectivity index (χ1n) is 10.8. The van der Waals surface area contributed by atoms with Crippen LogP contribution in [0.15, 0.2) is 53.2 Å². The van der Waals surface area contributed by atoms with Gasteiger partial charge in [0.2, 0.25) is 0 Å². The Kier molecular flexibility index (Phi) is 5.72. The van der Waals surface area contributed by atoms with Crippen LogP contribution in [0.5, 0.6) is 0 Å². The minimum atomic E-state index is -0.554. The number of para-hydroxylation sites is 1. The first-order valence-corrected chi connectivity index (χ1v) is 11.1. The number of hydrogen-bond donors (Lipinski definition) is 1. The van der Waals surface area contributed by atoms with Crippen molar-refractivity contribution in [3.63, 3.8) is 0 Å². The van der Waals surface area contributed by atoms with Crippen LogP contribution in [0, 0.1) is 11.7 Å². The highest BCUT2D eigenvalue weighted by atomic mass is 35.5. The standard InChI is InChI=1S/C23H22ClFN6O2/c1-14-4-3-11-30(19(14)13-26-23-29-18-12-15(24)7-8-20(18)33-23)22(32)16-5-2-6-17(25)21(16)31-27-9-10-28-31/h2,5-10,12,14,19H,3-4,11,13H2,1H3,(H,26,29). The SMILES string of the molecule is CC1CCCN(C(=O)c2cccc(F)c2-n2nccn2)C1CNc1nc2cc(Cl)ccc2o1. The van der Waals surface area contributed by atoms with Gasteiger partial charge in [-0.2, -0.15) is 15.2 Å². The Morgan fingerprint density at radius 3 is 2.91 bits per heavy atom. The summed E-state index contributed by atoms with van der Waals surface area (Å²) < 4.78 is 20.5. The average Bonchev–Trinajstić information content (AvgIpc) is 3.47. The van der Waals surface area contributed by atoms with Crippen LogP contribution in [-0.4, -0.2) is 49.9 Å². The molecule has 33 heavy (non-hydrogen) atoms. The topological polar surface area (TPSA) is 89.1 Å². The van der Waals surface area contributed by atoms with Gasteiger partial charge in [-0.15, -0.1) is 4.80 Å². The summed E-state index contributed by atoms with van der Waals surface area (Å²) in [6.45, 7) is 3.12. The number of likely N-dealkylation sites (tertiary alicyclic amines) is 1. The van der Waals surface area contributed by atoms with Crippen LogP contribution in [0.3, 0.4) is 0 Å². The molecule has 1 amide bonds. The van der Waals surface area contributed by atoms with Crippen LogP contribution < -0.4 is 5.32 Å². The van der Waals surface area contributed by atoms with Crippen LogP contribution in [0.4, 0.5) is 10.4 Å². The van der Waals surface area contributed by atoms with E-state index in [1.807, 2.05) is 0 Å². The zero-order valence-corrected chi connectivity index (χ0v) is 18.7. The van der Waals surface area contributed by atoms with Crippen molar-refractivity contribution in [1.29, 1.82) is 0 Å². The van der Waals surface area contributed by atoms with Gasteiger partial charge < -0.3 is 14.6 Å². The van der Waals surface area contributed by atoms with E-state index < -0.39 is 5.82 Å². The normalized spacial score (nSPS) is 18.6. The van der Waals surface area contributed by atoms with Crippen molar-refractivity contribution in [2.75, 3.05) is 18.4 Å². The number of nitrogens with zero attached hydrogens (tertiary/aromatic N) is 5. The summed E-state index contributed by atoms with van der Waals surface area (Å²) in [7, 11) is 0. The first-order chi connectivity index (χ1) is 16.0. The van der Waals surface area contributed by atoms with Crippen molar-refractivity contribution >= 4 is 34.6 Å². The van der Waals surface area contributed by atoms with Gasteiger partial charge in [0.1, 0.15) is 11.2 Å². The molecule has 1 aliphatic rings. The monoisotopic (exact) mass is 468 g/mol. The fourth-order valence-electron chi connectivity index (χ4n) is 4.36. The number of carbonyl (C=O) groups excluding carboxylic acids is 1. The molecule has 0 radical (unpaired) electrons. The lowest BCUT2D eigenvalue weighted by Gasteiger charge is -2.40. The number of rotatable bonds is 5. The Labute approximate surface area is 194 Å². The van der Waals surface area contributed by atoms with Gasteiger partial charge in [-0.3, -0.25) is 4.79 Å². The van der Waals surface area contributed by atoms with Crippen LogP contribution in [0.25, 0.3) is 16.8 Å². The molecule has 1 fully saturated rings. The van der Waals surface area contributed by atoms with E-state index in [0.29, 0.717) is 35.2 Å². The van der Waals surface area contributed by atoms with Crippen LogP contribution in [0.2, 0.25) is 5.02 Å². The maximum absolute atomic E-state index is 14.7. The van der Waals surface area contributed by atoms with E-state index in [-0.39, 0.29) is 29.1 Å². The lowest BCUT2D eigenvalue weighted by atomic mass is 9.90.